The second kappa shape index (κ2) is 7.85. The highest BCUT2D eigenvalue weighted by atomic mass is 32.2. The smallest absolute Gasteiger partial charge is 0.323 e. The molecule has 0 unspecified atom stereocenters. The lowest BCUT2D eigenvalue weighted by Crippen LogP contribution is -2.19. The van der Waals surface area contributed by atoms with Gasteiger partial charge in [0.1, 0.15) is 5.82 Å². The van der Waals surface area contributed by atoms with Crippen LogP contribution < -0.4 is 10.6 Å². The van der Waals surface area contributed by atoms with Gasteiger partial charge in [-0.25, -0.2) is 9.18 Å². The van der Waals surface area contributed by atoms with Crippen molar-refractivity contribution in [2.75, 3.05) is 24.0 Å². The molecule has 2 N–H and O–H groups in total. The molecule has 2 aromatic rings. The van der Waals surface area contributed by atoms with Crippen LogP contribution in [0.4, 0.5) is 20.6 Å². The van der Waals surface area contributed by atoms with Crippen LogP contribution >= 0.6 is 0 Å². The van der Waals surface area contributed by atoms with E-state index < -0.39 is 22.6 Å². The third-order valence-electron chi connectivity index (χ3n) is 3.02. The van der Waals surface area contributed by atoms with Gasteiger partial charge in [-0.15, -0.1) is 0 Å². The molecule has 0 aliphatic rings. The van der Waals surface area contributed by atoms with E-state index in [-0.39, 0.29) is 10.6 Å². The van der Waals surface area contributed by atoms with E-state index >= 15 is 0 Å². The number of hydrogen-bond acceptors (Lipinski definition) is 3. The number of hydrogen-bond donors (Lipinski definition) is 2. The molecule has 23 heavy (non-hydrogen) atoms. The van der Waals surface area contributed by atoms with E-state index in [0.717, 1.165) is 11.6 Å². The van der Waals surface area contributed by atoms with E-state index in [0.29, 0.717) is 12.3 Å². The van der Waals surface area contributed by atoms with Crippen molar-refractivity contribution >= 4 is 28.2 Å². The molecule has 0 saturated heterocycles. The Morgan fingerprint density at radius 2 is 1.74 bits per heavy atom. The number of anilines is 2. The first-order valence-corrected chi connectivity index (χ1v) is 8.34. The Morgan fingerprint density at radius 3 is 2.30 bits per heavy atom. The highest BCUT2D eigenvalue weighted by molar-refractivity contribution is 7.84. The number of nitrogens with one attached hydrogen (secondary N) is 2. The minimum Gasteiger partial charge on any atom is -0.380 e. The SMILES string of the molecule is COCc1ccc(NC(=O)Nc2ccc([S@](C)=O)c(F)c2)cc1. The quantitative estimate of drug-likeness (QED) is 0.880. The van der Waals surface area contributed by atoms with Gasteiger partial charge < -0.3 is 15.4 Å². The van der Waals surface area contributed by atoms with Gasteiger partial charge in [0.15, 0.2) is 0 Å². The topological polar surface area (TPSA) is 67.4 Å². The number of methoxy groups -OCH3 is 1. The molecule has 0 spiro atoms. The zero-order valence-electron chi connectivity index (χ0n) is 12.8. The molecule has 1 atom stereocenters. The molecule has 2 amide bonds. The van der Waals surface area contributed by atoms with Crippen LogP contribution in [0, 0.1) is 5.82 Å². The Morgan fingerprint density at radius 1 is 1.13 bits per heavy atom. The van der Waals surface area contributed by atoms with E-state index in [4.69, 9.17) is 4.74 Å². The average molecular weight is 336 g/mol. The maximum absolute atomic E-state index is 13.7. The summed E-state index contributed by atoms with van der Waals surface area (Å²) in [6.45, 7) is 0.497. The Hall–Kier alpha value is -2.25. The highest BCUT2D eigenvalue weighted by Crippen LogP contribution is 2.17. The van der Waals surface area contributed by atoms with E-state index in [9.17, 15) is 13.4 Å². The molecule has 0 radical (unpaired) electrons. The fourth-order valence-corrected chi connectivity index (χ4v) is 2.55. The molecule has 0 aromatic heterocycles. The zero-order chi connectivity index (χ0) is 16.8. The number of carbonyl (C=O) groups is 1. The van der Waals surface area contributed by atoms with Gasteiger partial charge in [-0.2, -0.15) is 0 Å². The molecule has 5 nitrogen and oxygen atoms in total. The predicted molar refractivity (Wildman–Crippen MR) is 88.5 cm³/mol. The van der Waals surface area contributed by atoms with Gasteiger partial charge in [-0.1, -0.05) is 12.1 Å². The second-order valence-corrected chi connectivity index (χ2v) is 6.16. The number of carbonyl (C=O) groups excluding carboxylic acids is 1. The van der Waals surface area contributed by atoms with E-state index in [1.165, 1.54) is 18.4 Å². The average Bonchev–Trinajstić information content (AvgIpc) is 2.49. The molecular formula is C16H17FN2O3S. The predicted octanol–water partition coefficient (Wildman–Crippen LogP) is 3.35. The van der Waals surface area contributed by atoms with Crippen molar-refractivity contribution in [3.63, 3.8) is 0 Å². The van der Waals surface area contributed by atoms with Crippen LogP contribution in [0.1, 0.15) is 5.56 Å². The third-order valence-corrected chi connectivity index (χ3v) is 3.97. The van der Waals surface area contributed by atoms with Crippen molar-refractivity contribution in [2.45, 2.75) is 11.5 Å². The lowest BCUT2D eigenvalue weighted by molar-refractivity contribution is 0.185. The number of halogens is 1. The first-order valence-electron chi connectivity index (χ1n) is 6.78. The largest absolute Gasteiger partial charge is 0.380 e. The first kappa shape index (κ1) is 17.1. The summed E-state index contributed by atoms with van der Waals surface area (Å²) in [4.78, 5) is 12.0. The minimum atomic E-state index is -1.41. The number of rotatable bonds is 5. The van der Waals surface area contributed by atoms with Crippen LogP contribution in [0.5, 0.6) is 0 Å². The number of urea groups is 1. The zero-order valence-corrected chi connectivity index (χ0v) is 13.6. The fourth-order valence-electron chi connectivity index (χ4n) is 1.96. The Balaban J connectivity index is 1.99. The molecular weight excluding hydrogens is 319 g/mol. The molecule has 2 aromatic carbocycles. The molecule has 0 heterocycles. The van der Waals surface area contributed by atoms with Crippen LogP contribution in [0.15, 0.2) is 47.4 Å². The van der Waals surface area contributed by atoms with Gasteiger partial charge in [0, 0.05) is 24.7 Å². The standard InChI is InChI=1S/C16H17FN2O3S/c1-22-10-11-3-5-12(6-4-11)18-16(20)19-13-7-8-15(23(2)21)14(17)9-13/h3-9H,10H2,1-2H3,(H2,18,19,20)/t23-/m0/s1. The Labute approximate surface area is 136 Å². The maximum atomic E-state index is 13.7. The van der Waals surface area contributed by atoms with Crippen molar-refractivity contribution in [1.82, 2.24) is 0 Å². The van der Waals surface area contributed by atoms with Gasteiger partial charge in [0.05, 0.1) is 22.3 Å². The molecule has 2 rings (SSSR count). The molecule has 0 bridgehead atoms. The van der Waals surface area contributed by atoms with Gasteiger partial charge in [0.2, 0.25) is 0 Å². The van der Waals surface area contributed by atoms with Gasteiger partial charge >= 0.3 is 6.03 Å². The monoisotopic (exact) mass is 336 g/mol. The van der Waals surface area contributed by atoms with Crippen molar-refractivity contribution < 1.29 is 18.1 Å². The molecule has 0 fully saturated rings. The van der Waals surface area contributed by atoms with Crippen molar-refractivity contribution in [2.24, 2.45) is 0 Å². The lowest BCUT2D eigenvalue weighted by Gasteiger charge is -2.09. The second-order valence-electron chi connectivity index (χ2n) is 4.81. The molecule has 7 heteroatoms. The molecule has 122 valence electrons. The normalized spacial score (nSPS) is 11.8. The summed E-state index contributed by atoms with van der Waals surface area (Å²) in [5.74, 6) is -0.618. The number of amides is 2. The van der Waals surface area contributed by atoms with E-state index in [1.807, 2.05) is 12.1 Å². The van der Waals surface area contributed by atoms with Gasteiger partial charge in [-0.3, -0.25) is 4.21 Å². The minimum absolute atomic E-state index is 0.102. The summed E-state index contributed by atoms with van der Waals surface area (Å²) in [5.41, 5.74) is 1.88. The van der Waals surface area contributed by atoms with Crippen molar-refractivity contribution in [1.29, 1.82) is 0 Å². The molecule has 0 saturated carbocycles. The summed E-state index contributed by atoms with van der Waals surface area (Å²) in [6.07, 6.45) is 1.39. The van der Waals surface area contributed by atoms with Crippen LogP contribution in [0.25, 0.3) is 0 Å². The van der Waals surface area contributed by atoms with E-state index in [2.05, 4.69) is 10.6 Å². The number of ether oxygens (including phenoxy) is 1. The molecule has 0 aliphatic carbocycles. The number of benzene rings is 2. The fraction of sp³-hybridized carbons (Fsp3) is 0.188. The van der Waals surface area contributed by atoms with Crippen LogP contribution in [0.2, 0.25) is 0 Å². The van der Waals surface area contributed by atoms with E-state index in [1.54, 1.807) is 19.2 Å². The lowest BCUT2D eigenvalue weighted by atomic mass is 10.2. The third kappa shape index (κ3) is 4.87. The molecule has 0 aliphatic heterocycles. The summed E-state index contributed by atoms with van der Waals surface area (Å²) >= 11 is 0. The first-order chi connectivity index (χ1) is 11.0. The van der Waals surface area contributed by atoms with Crippen LogP contribution in [-0.4, -0.2) is 23.6 Å². The Kier molecular flexibility index (Phi) is 5.84. The summed E-state index contributed by atoms with van der Waals surface area (Å²) in [7, 11) is 0.199. The van der Waals surface area contributed by atoms with Crippen LogP contribution in [-0.2, 0) is 22.1 Å². The Bertz CT molecular complexity index is 720. The maximum Gasteiger partial charge on any atom is 0.323 e. The van der Waals surface area contributed by atoms with Crippen molar-refractivity contribution in [3.05, 3.63) is 53.8 Å². The summed E-state index contributed by atoms with van der Waals surface area (Å²) in [6, 6.07) is 10.7. The van der Waals surface area contributed by atoms with Crippen molar-refractivity contribution in [3.8, 4) is 0 Å². The van der Waals surface area contributed by atoms with Gasteiger partial charge in [0.25, 0.3) is 0 Å². The highest BCUT2D eigenvalue weighted by Gasteiger charge is 2.09. The summed E-state index contributed by atoms with van der Waals surface area (Å²) < 4.78 is 30.0. The van der Waals surface area contributed by atoms with Crippen LogP contribution in [0.3, 0.4) is 0 Å². The van der Waals surface area contributed by atoms with Gasteiger partial charge in [-0.05, 0) is 35.9 Å². The summed E-state index contributed by atoms with van der Waals surface area (Å²) in [5, 5.41) is 5.17.